The molecule has 3 heteroatoms. The second-order valence-electron chi connectivity index (χ2n) is 9.54. The molecule has 0 amide bonds. The molecule has 2 nitrogen and oxygen atoms in total. The van der Waals surface area contributed by atoms with E-state index in [1.165, 1.54) is 16.7 Å². The van der Waals surface area contributed by atoms with Crippen molar-refractivity contribution in [1.82, 2.24) is 0 Å². The minimum atomic E-state index is -2.53. The molecule has 2 fully saturated rings. The summed E-state index contributed by atoms with van der Waals surface area (Å²) in [5, 5.41) is 2.62. The van der Waals surface area contributed by atoms with E-state index in [1.54, 1.807) is 0 Å². The molecular formula is C24H30O2Si. The Kier molecular flexibility index (Phi) is 4.43. The van der Waals surface area contributed by atoms with Crippen LogP contribution >= 0.6 is 0 Å². The van der Waals surface area contributed by atoms with Crippen molar-refractivity contribution in [3.8, 4) is 0 Å². The van der Waals surface area contributed by atoms with Gasteiger partial charge in [-0.2, -0.15) is 0 Å². The molecule has 2 aromatic rings. The van der Waals surface area contributed by atoms with Crippen molar-refractivity contribution in [1.29, 1.82) is 0 Å². The molecule has 0 aromatic heterocycles. The highest BCUT2D eigenvalue weighted by Gasteiger charge is 2.66. The highest BCUT2D eigenvalue weighted by Crippen LogP contribution is 2.65. The van der Waals surface area contributed by atoms with Crippen LogP contribution in [0.4, 0.5) is 0 Å². The smallest absolute Gasteiger partial charge is 0.261 e. The third-order valence-corrected chi connectivity index (χ3v) is 12.0. The van der Waals surface area contributed by atoms with E-state index in [-0.39, 0.29) is 16.6 Å². The summed E-state index contributed by atoms with van der Waals surface area (Å²) in [4.78, 5) is 11.7. The SMILES string of the molecule is C[C@H]1[C@@H](O[Si](c2ccccc2)(c2ccccc2)C(C)(C)C)C[C@@]2(C=O)C[C@@H]12. The first kappa shape index (κ1) is 18.6. The lowest BCUT2D eigenvalue weighted by atomic mass is 10.0. The van der Waals surface area contributed by atoms with E-state index in [9.17, 15) is 4.79 Å². The monoisotopic (exact) mass is 378 g/mol. The predicted molar refractivity (Wildman–Crippen MR) is 113 cm³/mol. The van der Waals surface area contributed by atoms with E-state index in [2.05, 4.69) is 88.4 Å². The van der Waals surface area contributed by atoms with Gasteiger partial charge in [0, 0.05) is 11.5 Å². The van der Waals surface area contributed by atoms with E-state index >= 15 is 0 Å². The van der Waals surface area contributed by atoms with Crippen molar-refractivity contribution in [3.63, 3.8) is 0 Å². The average Bonchev–Trinajstić information content (AvgIpc) is 3.33. The Morgan fingerprint density at radius 3 is 1.89 bits per heavy atom. The maximum Gasteiger partial charge on any atom is 0.261 e. The van der Waals surface area contributed by atoms with Gasteiger partial charge in [-0.3, -0.25) is 0 Å². The lowest BCUT2D eigenvalue weighted by molar-refractivity contribution is -0.112. The Hall–Kier alpha value is -1.71. The summed E-state index contributed by atoms with van der Waals surface area (Å²) in [5.74, 6) is 0.954. The number of carbonyl (C=O) groups excluding carboxylic acids is 1. The van der Waals surface area contributed by atoms with Gasteiger partial charge < -0.3 is 9.22 Å². The molecule has 0 unspecified atom stereocenters. The Bertz CT molecular complexity index is 772. The standard InChI is InChI=1S/C24H30O2Si/c1-18-21-15-24(21,17-25)16-22(18)26-27(23(2,3)4,19-11-7-5-8-12-19)20-13-9-6-10-14-20/h5-14,17-18,21-22H,15-16H2,1-4H3/t18-,21+,22+,24-/m1/s1. The first-order valence-corrected chi connectivity index (χ1v) is 12.0. The van der Waals surface area contributed by atoms with E-state index in [0.717, 1.165) is 12.8 Å². The summed E-state index contributed by atoms with van der Waals surface area (Å²) in [5.41, 5.74) is -0.102. The normalized spacial score (nSPS) is 30.0. The Balaban J connectivity index is 1.82. The molecule has 2 aromatic carbocycles. The molecular weight excluding hydrogens is 348 g/mol. The maximum atomic E-state index is 11.7. The Morgan fingerprint density at radius 1 is 0.963 bits per heavy atom. The van der Waals surface area contributed by atoms with Gasteiger partial charge in [0.25, 0.3) is 8.32 Å². The number of hydrogen-bond donors (Lipinski definition) is 0. The van der Waals surface area contributed by atoms with Crippen LogP contribution in [0.5, 0.6) is 0 Å². The van der Waals surface area contributed by atoms with Crippen molar-refractivity contribution >= 4 is 25.0 Å². The van der Waals surface area contributed by atoms with E-state index < -0.39 is 8.32 Å². The number of carbonyl (C=O) groups is 1. The third kappa shape index (κ3) is 2.83. The molecule has 0 heterocycles. The maximum absolute atomic E-state index is 11.7. The second kappa shape index (κ2) is 6.42. The molecule has 2 saturated carbocycles. The Morgan fingerprint density at radius 2 is 1.48 bits per heavy atom. The molecule has 0 saturated heterocycles. The van der Waals surface area contributed by atoms with Crippen LogP contribution in [-0.2, 0) is 9.22 Å². The van der Waals surface area contributed by atoms with Crippen LogP contribution in [0.2, 0.25) is 5.04 Å². The lowest BCUT2D eigenvalue weighted by Crippen LogP contribution is -2.68. The first-order valence-electron chi connectivity index (χ1n) is 10.1. The van der Waals surface area contributed by atoms with Crippen molar-refractivity contribution in [2.24, 2.45) is 17.3 Å². The molecule has 4 atom stereocenters. The number of rotatable bonds is 5. The van der Waals surface area contributed by atoms with Crippen LogP contribution in [0, 0.1) is 17.3 Å². The number of aldehydes is 1. The minimum absolute atomic E-state index is 0.0173. The number of fused-ring (bicyclic) bond motifs is 1. The summed E-state index contributed by atoms with van der Waals surface area (Å²) < 4.78 is 7.26. The zero-order valence-electron chi connectivity index (χ0n) is 16.8. The second-order valence-corrected chi connectivity index (χ2v) is 13.8. The van der Waals surface area contributed by atoms with Crippen LogP contribution in [0.25, 0.3) is 0 Å². The molecule has 0 radical (unpaired) electrons. The summed E-state index contributed by atoms with van der Waals surface area (Å²) in [6.07, 6.45) is 3.30. The highest BCUT2D eigenvalue weighted by atomic mass is 28.4. The fraction of sp³-hybridized carbons (Fsp3) is 0.458. The lowest BCUT2D eigenvalue weighted by Gasteiger charge is -2.45. The van der Waals surface area contributed by atoms with Crippen LogP contribution in [0.3, 0.4) is 0 Å². The average molecular weight is 379 g/mol. The van der Waals surface area contributed by atoms with Crippen LogP contribution < -0.4 is 10.4 Å². The minimum Gasteiger partial charge on any atom is -0.404 e. The zero-order valence-corrected chi connectivity index (χ0v) is 17.8. The van der Waals surface area contributed by atoms with E-state index in [1.807, 2.05) is 0 Å². The summed E-state index contributed by atoms with van der Waals surface area (Å²) in [6, 6.07) is 21.6. The van der Waals surface area contributed by atoms with Crippen molar-refractivity contribution in [3.05, 3.63) is 60.7 Å². The summed E-state index contributed by atoms with van der Waals surface area (Å²) in [7, 11) is -2.53. The summed E-state index contributed by atoms with van der Waals surface area (Å²) >= 11 is 0. The molecule has 0 spiro atoms. The van der Waals surface area contributed by atoms with Gasteiger partial charge in [-0.05, 0) is 40.1 Å². The van der Waals surface area contributed by atoms with Crippen LogP contribution in [-0.4, -0.2) is 20.7 Å². The highest BCUT2D eigenvalue weighted by molar-refractivity contribution is 6.99. The molecule has 27 heavy (non-hydrogen) atoms. The molecule has 2 aliphatic carbocycles. The topological polar surface area (TPSA) is 26.3 Å². The quantitative estimate of drug-likeness (QED) is 0.576. The molecule has 142 valence electrons. The largest absolute Gasteiger partial charge is 0.404 e. The van der Waals surface area contributed by atoms with Gasteiger partial charge in [0.05, 0.1) is 0 Å². The van der Waals surface area contributed by atoms with Gasteiger partial charge in [0.1, 0.15) is 6.29 Å². The fourth-order valence-corrected chi connectivity index (χ4v) is 10.1. The number of benzene rings is 2. The molecule has 0 aliphatic heterocycles. The number of hydrogen-bond acceptors (Lipinski definition) is 2. The molecule has 4 rings (SSSR count). The first-order chi connectivity index (χ1) is 12.8. The third-order valence-electron chi connectivity index (χ3n) is 6.96. The van der Waals surface area contributed by atoms with Crippen molar-refractivity contribution in [2.75, 3.05) is 0 Å². The van der Waals surface area contributed by atoms with Gasteiger partial charge in [-0.25, -0.2) is 0 Å². The molecule has 2 aliphatic rings. The van der Waals surface area contributed by atoms with Gasteiger partial charge in [0.15, 0.2) is 0 Å². The zero-order chi connectivity index (χ0) is 19.3. The van der Waals surface area contributed by atoms with E-state index in [0.29, 0.717) is 11.8 Å². The molecule has 0 N–H and O–H groups in total. The van der Waals surface area contributed by atoms with E-state index in [4.69, 9.17) is 4.43 Å². The van der Waals surface area contributed by atoms with Crippen LogP contribution in [0.15, 0.2) is 60.7 Å². The van der Waals surface area contributed by atoms with Gasteiger partial charge >= 0.3 is 0 Å². The predicted octanol–water partition coefficient (Wildman–Crippen LogP) is 4.18. The van der Waals surface area contributed by atoms with Gasteiger partial charge in [-0.15, -0.1) is 0 Å². The Labute approximate surface area is 164 Å². The van der Waals surface area contributed by atoms with Crippen molar-refractivity contribution < 1.29 is 9.22 Å². The van der Waals surface area contributed by atoms with Gasteiger partial charge in [-0.1, -0.05) is 88.4 Å². The molecule has 0 bridgehead atoms. The fourth-order valence-electron chi connectivity index (χ4n) is 5.37. The van der Waals surface area contributed by atoms with Crippen molar-refractivity contribution in [2.45, 2.75) is 51.7 Å². The summed E-state index contributed by atoms with van der Waals surface area (Å²) in [6.45, 7) is 9.23. The van der Waals surface area contributed by atoms with Gasteiger partial charge in [0.2, 0.25) is 0 Å². The van der Waals surface area contributed by atoms with Crippen LogP contribution in [0.1, 0.15) is 40.5 Å².